The molecule has 9 nitrogen and oxygen atoms in total. The molecule has 0 radical (unpaired) electrons. The Morgan fingerprint density at radius 1 is 1.27 bits per heavy atom. The number of sulfonamides is 1. The number of aliphatic hydroxyl groups is 1. The number of aliphatic hydroxyl groups excluding tert-OH is 1. The van der Waals surface area contributed by atoms with E-state index < -0.39 is 27.3 Å². The molecular weight excluding hydrogens is 616 g/mol. The third-order valence-electron chi connectivity index (χ3n) is 10.1. The van der Waals surface area contributed by atoms with Crippen LogP contribution in [-0.2, 0) is 26.6 Å². The molecule has 2 aromatic carbocycles. The lowest BCUT2D eigenvalue weighted by Crippen LogP contribution is -2.49. The molecule has 1 aliphatic heterocycles. The first-order valence-corrected chi connectivity index (χ1v) is 17.8. The minimum atomic E-state index is -3.71. The Bertz CT molecular complexity index is 1520. The normalized spacial score (nSPS) is 25.0. The number of anilines is 1. The van der Waals surface area contributed by atoms with Crippen molar-refractivity contribution in [3.05, 3.63) is 70.3 Å². The third-order valence-corrected chi connectivity index (χ3v) is 11.7. The van der Waals surface area contributed by atoms with Crippen LogP contribution in [0.15, 0.2) is 48.6 Å². The van der Waals surface area contributed by atoms with E-state index in [1.807, 2.05) is 19.1 Å². The van der Waals surface area contributed by atoms with Crippen LogP contribution in [0.25, 0.3) is 0 Å². The number of hydrogen-bond acceptors (Lipinski definition) is 7. The van der Waals surface area contributed by atoms with E-state index in [4.69, 9.17) is 26.2 Å². The first kappa shape index (κ1) is 33.7. The van der Waals surface area contributed by atoms with E-state index in [0.717, 1.165) is 42.8 Å². The number of carboxylic acid groups (broad SMARTS) is 1. The highest BCUT2D eigenvalue weighted by Crippen LogP contribution is 2.46. The zero-order valence-electron chi connectivity index (χ0n) is 26.0. The summed E-state index contributed by atoms with van der Waals surface area (Å²) in [5.41, 5.74) is 3.17. The summed E-state index contributed by atoms with van der Waals surface area (Å²) in [7, 11) is -2.17. The van der Waals surface area contributed by atoms with Crippen molar-refractivity contribution in [3.63, 3.8) is 0 Å². The molecule has 45 heavy (non-hydrogen) atoms. The Morgan fingerprint density at radius 3 is 2.76 bits per heavy atom. The smallest absolute Gasteiger partial charge is 0.335 e. The molecule has 0 aromatic heterocycles. The first-order valence-electron chi connectivity index (χ1n) is 15.8. The van der Waals surface area contributed by atoms with E-state index in [1.165, 1.54) is 11.1 Å². The third kappa shape index (κ3) is 7.68. The molecule has 0 amide bonds. The number of benzene rings is 2. The number of fused-ring (bicyclic) bond motifs is 3. The zero-order valence-corrected chi connectivity index (χ0v) is 27.6. The van der Waals surface area contributed by atoms with Gasteiger partial charge in [0.1, 0.15) is 5.75 Å². The van der Waals surface area contributed by atoms with Crippen molar-refractivity contribution in [1.82, 2.24) is 0 Å². The molecule has 1 heterocycles. The van der Waals surface area contributed by atoms with Gasteiger partial charge in [0.25, 0.3) is 0 Å². The molecule has 1 fully saturated rings. The summed E-state index contributed by atoms with van der Waals surface area (Å²) < 4.78 is 35.8. The summed E-state index contributed by atoms with van der Waals surface area (Å²) in [6.45, 7) is 3.62. The van der Waals surface area contributed by atoms with Gasteiger partial charge in [0, 0.05) is 30.6 Å². The molecule has 11 heteroatoms. The molecule has 4 N–H and O–H groups in total. The van der Waals surface area contributed by atoms with Gasteiger partial charge < -0.3 is 24.6 Å². The van der Waals surface area contributed by atoms with Gasteiger partial charge in [-0.25, -0.2) is 18.4 Å². The molecule has 6 atom stereocenters. The summed E-state index contributed by atoms with van der Waals surface area (Å²) in [6, 6.07) is 11.2. The number of carbonyl (C=O) groups is 1. The number of halogens is 1. The predicted octanol–water partition coefficient (Wildman–Crippen LogP) is 5.32. The maximum absolute atomic E-state index is 12.1. The highest BCUT2D eigenvalue weighted by molar-refractivity contribution is 7.89. The van der Waals surface area contributed by atoms with Crippen molar-refractivity contribution in [3.8, 4) is 5.75 Å². The number of aryl methyl sites for hydroxylation is 1. The molecule has 2 aliphatic carbocycles. The summed E-state index contributed by atoms with van der Waals surface area (Å²) in [5, 5.41) is 26.4. The number of aromatic carboxylic acids is 1. The van der Waals surface area contributed by atoms with Gasteiger partial charge in [0.2, 0.25) is 10.0 Å². The van der Waals surface area contributed by atoms with Crippen LogP contribution in [0.2, 0.25) is 5.02 Å². The van der Waals surface area contributed by atoms with Gasteiger partial charge in [0.15, 0.2) is 0 Å². The minimum absolute atomic E-state index is 0.0347. The minimum Gasteiger partial charge on any atom is -0.490 e. The van der Waals surface area contributed by atoms with Crippen LogP contribution in [0, 0.1) is 11.8 Å². The van der Waals surface area contributed by atoms with Crippen LogP contribution in [0.5, 0.6) is 5.75 Å². The maximum Gasteiger partial charge on any atom is 0.335 e. The molecular formula is C34H45ClN2O7S. The van der Waals surface area contributed by atoms with Crippen LogP contribution in [0.4, 0.5) is 5.69 Å². The van der Waals surface area contributed by atoms with Crippen LogP contribution in [0.1, 0.15) is 73.4 Å². The molecule has 1 spiro atoms. The van der Waals surface area contributed by atoms with Crippen LogP contribution in [0.3, 0.4) is 0 Å². The Balaban J connectivity index is 1.33. The lowest BCUT2D eigenvalue weighted by molar-refractivity contribution is 0.0456. The van der Waals surface area contributed by atoms with E-state index in [1.54, 1.807) is 31.4 Å². The fraction of sp³-hybridized carbons (Fsp3) is 0.559. The largest absolute Gasteiger partial charge is 0.490 e. The topological polar surface area (TPSA) is 139 Å². The van der Waals surface area contributed by atoms with E-state index in [-0.39, 0.29) is 28.9 Å². The first-order chi connectivity index (χ1) is 21.4. The molecule has 1 saturated carbocycles. The van der Waals surface area contributed by atoms with Gasteiger partial charge in [-0.05, 0) is 112 Å². The van der Waals surface area contributed by atoms with Gasteiger partial charge >= 0.3 is 5.97 Å². The summed E-state index contributed by atoms with van der Waals surface area (Å²) in [4.78, 5) is 14.2. The molecule has 0 unspecified atom stereocenters. The number of nitrogens with zero attached hydrogens (tertiary/aromatic N) is 1. The van der Waals surface area contributed by atoms with Crippen LogP contribution < -0.4 is 14.8 Å². The van der Waals surface area contributed by atoms with E-state index in [2.05, 4.69) is 17.0 Å². The number of rotatable bonds is 12. The summed E-state index contributed by atoms with van der Waals surface area (Å²) >= 11 is 6.37. The van der Waals surface area contributed by atoms with Crippen LogP contribution in [-0.4, -0.2) is 68.9 Å². The van der Waals surface area contributed by atoms with Gasteiger partial charge in [-0.2, -0.15) is 0 Å². The van der Waals surface area contributed by atoms with Crippen molar-refractivity contribution in [2.24, 2.45) is 17.0 Å². The second kappa shape index (κ2) is 14.0. The highest BCUT2D eigenvalue weighted by atomic mass is 35.5. The van der Waals surface area contributed by atoms with E-state index in [0.29, 0.717) is 44.7 Å². The predicted molar refractivity (Wildman–Crippen MR) is 176 cm³/mol. The highest BCUT2D eigenvalue weighted by Gasteiger charge is 2.44. The number of hydrogen-bond donors (Lipinski definition) is 3. The molecule has 0 bridgehead atoms. The van der Waals surface area contributed by atoms with Crippen molar-refractivity contribution in [1.29, 1.82) is 0 Å². The van der Waals surface area contributed by atoms with Crippen molar-refractivity contribution in [2.45, 2.75) is 81.2 Å². The quantitative estimate of drug-likeness (QED) is 0.260. The lowest BCUT2D eigenvalue weighted by Gasteiger charge is -2.45. The fourth-order valence-electron chi connectivity index (χ4n) is 7.34. The summed E-state index contributed by atoms with van der Waals surface area (Å²) in [6.07, 6.45) is 8.62. The number of allylic oxidation sites excluding steroid dienone is 1. The number of ether oxygens (including phenoxy) is 2. The van der Waals surface area contributed by atoms with Gasteiger partial charge in [-0.15, -0.1) is 0 Å². The zero-order chi connectivity index (χ0) is 32.4. The van der Waals surface area contributed by atoms with Gasteiger partial charge in [-0.3, -0.25) is 0 Å². The Hall–Kier alpha value is -2.63. The Kier molecular flexibility index (Phi) is 10.5. The fourth-order valence-corrected chi connectivity index (χ4v) is 8.54. The van der Waals surface area contributed by atoms with Crippen molar-refractivity contribution in [2.75, 3.05) is 31.7 Å². The molecule has 3 aliphatic rings. The van der Waals surface area contributed by atoms with Gasteiger partial charge in [0.05, 0.1) is 35.3 Å². The standard InChI is InChI=1S/C34H45ClN2O7S/c1-22(43-2)16-27(45(36,41)42)7-3-4-8-31(38)28-12-9-25(28)19-37-20-34(15-5-6-23-17-26(35)11-13-29(23)34)21-44-32-14-10-24(33(39)40)18-30(32)37/h4,8,10-11,13-14,17-18,22,25,27-28,31,38H,3,5-7,9,12,15-16,19-21H2,1-2H3,(H,39,40)(H2,36,41,42)/b8-4+/t22-,25+,27+,28-,31+,34+/m1/s1. The number of methoxy groups -OCH3 is 1. The molecule has 2 aromatic rings. The van der Waals surface area contributed by atoms with Crippen molar-refractivity contribution >= 4 is 33.3 Å². The molecule has 246 valence electrons. The molecule has 5 rings (SSSR count). The number of nitrogens with two attached hydrogens (primary N) is 1. The summed E-state index contributed by atoms with van der Waals surface area (Å²) in [5.74, 6) is -0.0964. The lowest BCUT2D eigenvalue weighted by atomic mass is 9.68. The second-order valence-electron chi connectivity index (χ2n) is 13.1. The van der Waals surface area contributed by atoms with Gasteiger partial charge in [-0.1, -0.05) is 29.8 Å². The van der Waals surface area contributed by atoms with Crippen molar-refractivity contribution < 1.29 is 32.9 Å². The molecule has 0 saturated heterocycles. The Morgan fingerprint density at radius 2 is 2.07 bits per heavy atom. The second-order valence-corrected chi connectivity index (χ2v) is 15.4. The van der Waals surface area contributed by atoms with E-state index >= 15 is 0 Å². The van der Waals surface area contributed by atoms with E-state index in [9.17, 15) is 23.4 Å². The maximum atomic E-state index is 12.1. The van der Waals surface area contributed by atoms with Crippen LogP contribution >= 0.6 is 11.6 Å². The average molecular weight is 661 g/mol. The number of carboxylic acids is 1. The number of primary sulfonamides is 1. The average Bonchev–Trinajstić information content (AvgIpc) is 3.12. The monoisotopic (exact) mass is 660 g/mol. The Labute approximate surface area is 271 Å². The SMILES string of the molecule is CO[C@H](C)C[C@H](CC/C=C/[C@H](O)[C@@H]1CC[C@H]1CN1C[C@@]2(CCCc3cc(Cl)ccc32)COc2ccc(C(=O)O)cc21)S(N)(=O)=O.